The smallest absolute Gasteiger partial charge is 0.270 e. The van der Waals surface area contributed by atoms with E-state index in [0.717, 1.165) is 68.8 Å². The van der Waals surface area contributed by atoms with Crippen molar-refractivity contribution in [3.63, 3.8) is 0 Å². The maximum Gasteiger partial charge on any atom is 0.270 e. The summed E-state index contributed by atoms with van der Waals surface area (Å²) < 4.78 is 10.7. The molecular formula is C66H69N4OS6W8-3. The van der Waals surface area contributed by atoms with E-state index in [1.165, 1.54) is 131 Å². The quantitative estimate of drug-likeness (QED) is 0.0188. The van der Waals surface area contributed by atoms with Crippen molar-refractivity contribution in [1.29, 1.82) is 0 Å². The van der Waals surface area contributed by atoms with Gasteiger partial charge in [-0.1, -0.05) is 76.0 Å². The summed E-state index contributed by atoms with van der Waals surface area (Å²) in [5.74, 6) is 4.37. The molecule has 0 amide bonds. The molecule has 6 aromatic rings. The summed E-state index contributed by atoms with van der Waals surface area (Å²) in [6.45, 7) is 13.2. The van der Waals surface area contributed by atoms with Crippen LogP contribution in [0.5, 0.6) is 5.75 Å². The summed E-state index contributed by atoms with van der Waals surface area (Å²) in [5, 5.41) is 4.87. The van der Waals surface area contributed by atoms with Crippen molar-refractivity contribution in [2.45, 2.75) is 53.9 Å². The number of hydrogen-bond donors (Lipinski definition) is 0. The van der Waals surface area contributed by atoms with E-state index >= 15 is 0 Å². The second kappa shape index (κ2) is 37.0. The second-order valence-corrected chi connectivity index (χ2v) is 28.1. The Morgan fingerprint density at radius 1 is 0.694 bits per heavy atom. The third kappa shape index (κ3) is 17.0. The first-order chi connectivity index (χ1) is 37.8. The summed E-state index contributed by atoms with van der Waals surface area (Å²) in [6.07, 6.45) is 21.1. The molecule has 12 rings (SSSR count). The van der Waals surface area contributed by atoms with Gasteiger partial charge in [0.05, 0.1) is 20.2 Å². The maximum absolute atomic E-state index is 6.35. The van der Waals surface area contributed by atoms with Crippen LogP contribution in [-0.2, 0) is 173 Å². The van der Waals surface area contributed by atoms with Gasteiger partial charge in [-0.05, 0) is 141 Å². The number of hydrogen-bond acceptors (Lipinski definition) is 9. The molecule has 6 aliphatic rings. The molecular weight excluding hydrogens is 2530 g/mol. The molecule has 2 bridgehead atoms. The third-order valence-electron chi connectivity index (χ3n) is 17.1. The largest absolute Gasteiger partial charge is 0.497 e. The van der Waals surface area contributed by atoms with Crippen LogP contribution in [0.3, 0.4) is 0 Å². The number of thioether (sulfide) groups is 5. The molecule has 6 aromatic carbocycles. The number of fused-ring (bicyclic) bond motifs is 8. The monoisotopic (exact) mass is 2600 g/mol. The first kappa shape index (κ1) is 79.0. The van der Waals surface area contributed by atoms with Gasteiger partial charge in [-0.3, -0.25) is 9.80 Å². The zero-order valence-corrected chi connectivity index (χ0v) is 76.6. The van der Waals surface area contributed by atoms with Gasteiger partial charge < -0.3 is 9.64 Å². The number of unbranched alkanes of at least 4 members (excludes halogenated alkanes) is 2. The fourth-order valence-electron chi connectivity index (χ4n) is 13.1. The Labute approximate surface area is 648 Å². The van der Waals surface area contributed by atoms with Crippen LogP contribution in [-0.4, -0.2) is 125 Å². The zero-order valence-electron chi connectivity index (χ0n) is 48.2. The second-order valence-electron chi connectivity index (χ2n) is 21.5. The average Bonchev–Trinajstić information content (AvgIpc) is 3.05. The predicted octanol–water partition coefficient (Wildman–Crippen LogP) is 14.6. The fourth-order valence-corrected chi connectivity index (χ4v) is 18.8. The Kier molecular flexibility index (Phi) is 34.4. The zero-order chi connectivity index (χ0) is 52.5. The first-order valence-electron chi connectivity index (χ1n) is 27.8. The van der Waals surface area contributed by atoms with E-state index < -0.39 is 0 Å². The molecule has 3 aliphatic heterocycles. The SMILES string of the molecule is COc1ccc(C2C(=Cc3c4cc[c-]cc4c(SC(=S)N4CCN(CCCCSC)CC4)c4c[c-]ccc34)[C@@H]3C=C[C@@H](C3)C2C=C2c3cc[c-]cc3C3(SC(=[N+]4CCN(CCCCSC)CC4)S3)c3c[c-]ccc32)c(C)c1.[W].[W].[W].[W].[W].[W].[W].[W]. The van der Waals surface area contributed by atoms with E-state index in [1.54, 1.807) is 18.9 Å². The van der Waals surface area contributed by atoms with E-state index in [1.807, 2.05) is 23.5 Å². The molecule has 3 heterocycles. The van der Waals surface area contributed by atoms with Crippen molar-refractivity contribution in [1.82, 2.24) is 14.7 Å². The molecule has 446 valence electrons. The van der Waals surface area contributed by atoms with Gasteiger partial charge in [0, 0.05) is 205 Å². The maximum atomic E-state index is 6.35. The van der Waals surface area contributed by atoms with Crippen LogP contribution in [0.2, 0.25) is 0 Å². The number of nitrogens with zero attached hydrogens (tertiary/aromatic N) is 4. The Morgan fingerprint density at radius 2 is 1.25 bits per heavy atom. The Balaban J connectivity index is 0.00000194. The van der Waals surface area contributed by atoms with Crippen molar-refractivity contribution in [2.75, 3.05) is 96.6 Å². The van der Waals surface area contributed by atoms with E-state index in [2.05, 4.69) is 202 Å². The minimum absolute atomic E-state index is 0. The van der Waals surface area contributed by atoms with Crippen LogP contribution in [0, 0.1) is 48.9 Å². The number of benzene rings is 6. The molecule has 0 aromatic heterocycles. The molecule has 0 radical (unpaired) electrons. The van der Waals surface area contributed by atoms with Gasteiger partial charge in [0.25, 0.3) is 4.38 Å². The van der Waals surface area contributed by atoms with Crippen LogP contribution >= 0.6 is 71.0 Å². The molecule has 5 nitrogen and oxygen atoms in total. The van der Waals surface area contributed by atoms with Crippen LogP contribution in [0.15, 0.2) is 120 Å². The van der Waals surface area contributed by atoms with Gasteiger partial charge in [-0.2, -0.15) is 121 Å². The number of thiocarbonyl (C=S) groups is 1. The number of aryl methyl sites for hydroxylation is 1. The van der Waals surface area contributed by atoms with E-state index in [0.29, 0.717) is 11.8 Å². The molecule has 1 saturated carbocycles. The minimum atomic E-state index is -0.239. The normalized spacial score (nSPS) is 21.5. The topological polar surface area (TPSA) is 22.0 Å². The first-order valence-corrected chi connectivity index (χ1v) is 33.4. The molecule has 4 atom stereocenters. The molecule has 3 aliphatic carbocycles. The fraction of sp³-hybridized carbons (Fsp3) is 0.394. The Morgan fingerprint density at radius 3 is 1.80 bits per heavy atom. The van der Waals surface area contributed by atoms with Gasteiger partial charge in [0.1, 0.15) is 10.1 Å². The molecule has 85 heavy (non-hydrogen) atoms. The van der Waals surface area contributed by atoms with Crippen LogP contribution in [0.1, 0.15) is 77.0 Å². The summed E-state index contributed by atoms with van der Waals surface area (Å²) >= 11 is 16.1. The molecule has 0 N–H and O–H groups in total. The number of piperazine rings is 2. The van der Waals surface area contributed by atoms with Crippen LogP contribution in [0.25, 0.3) is 33.2 Å². The molecule has 3 saturated heterocycles. The van der Waals surface area contributed by atoms with Crippen LogP contribution < -0.4 is 4.74 Å². The standard InChI is InChI=1S/C66H69N4OS6.8W/c1-45-41-48(71-2)27-28-49(45)62-56(43-58-50-17-5-7-21-54(50)63(55-22-8-6-18-51(55)58)75-64(72)69-35-31-67(32-36-69)29-13-15-39-73-3)46-25-26-47(42-46)57(62)44-59-52-19-9-11-23-60(52)66(61-24-12-10-20-53(59)61)76-65(77-66)70-37-33-68(34-38-70)30-14-16-40-74-4;;;;;;;;/h5-6,9-10,17-28,41,43-44,46-47,57,62H,13-16,29-40,42H2,1-4H3;;;;;;;;/q-3;;;;;;;;/t46-,47+,57?,62?;;;;;;;;/m1......../s1. The van der Waals surface area contributed by atoms with Crippen molar-refractivity contribution in [3.05, 3.63) is 178 Å². The van der Waals surface area contributed by atoms with E-state index in [4.69, 9.17) is 17.0 Å². The predicted molar refractivity (Wildman–Crippen MR) is 339 cm³/mol. The van der Waals surface area contributed by atoms with E-state index in [9.17, 15) is 0 Å². The number of ether oxygens (including phenoxy) is 1. The number of rotatable bonds is 15. The molecule has 4 fully saturated rings. The average molecular weight is 2600 g/mol. The van der Waals surface area contributed by atoms with Crippen molar-refractivity contribution >= 4 is 113 Å². The third-order valence-corrected chi connectivity index (χ3v) is 23.4. The number of allylic oxidation sites excluding steroid dienone is 4. The molecule has 1 spiro atoms. The van der Waals surface area contributed by atoms with Gasteiger partial charge in [-0.15, -0.1) is 43.8 Å². The van der Waals surface area contributed by atoms with Crippen molar-refractivity contribution < 1.29 is 178 Å². The summed E-state index contributed by atoms with van der Waals surface area (Å²) in [7, 11) is 1.78. The Hall–Kier alpha value is 1.60. The minimum Gasteiger partial charge on any atom is -0.497 e. The number of methoxy groups -OCH3 is 1. The molecule has 2 unspecified atom stereocenters. The van der Waals surface area contributed by atoms with Crippen molar-refractivity contribution in [3.8, 4) is 5.75 Å². The van der Waals surface area contributed by atoms with Gasteiger partial charge >= 0.3 is 0 Å². The van der Waals surface area contributed by atoms with E-state index in [-0.39, 0.29) is 184 Å². The summed E-state index contributed by atoms with van der Waals surface area (Å²) in [4.78, 5) is 8.93. The van der Waals surface area contributed by atoms with Gasteiger partial charge in [0.15, 0.2) is 13.1 Å². The Bertz CT molecular complexity index is 3210. The molecule has 19 heteroatoms. The summed E-state index contributed by atoms with van der Waals surface area (Å²) in [6, 6.07) is 47.6. The van der Waals surface area contributed by atoms with Gasteiger partial charge in [0.2, 0.25) is 0 Å². The van der Waals surface area contributed by atoms with Gasteiger partial charge in [-0.25, -0.2) is 4.58 Å². The van der Waals surface area contributed by atoms with Crippen molar-refractivity contribution in [2.24, 2.45) is 17.8 Å². The van der Waals surface area contributed by atoms with Crippen LogP contribution in [0.4, 0.5) is 0 Å². The summed E-state index contributed by atoms with van der Waals surface area (Å²) in [5.41, 5.74) is 12.1.